The average Bonchev–Trinajstić information content (AvgIpc) is 2.54. The van der Waals surface area contributed by atoms with Gasteiger partial charge in [0.15, 0.2) is 5.76 Å². The number of rotatable bonds is 2. The number of likely N-dealkylation sites (N-methyl/N-ethyl adjacent to an activating group) is 1. The van der Waals surface area contributed by atoms with Gasteiger partial charge in [0.2, 0.25) is 5.78 Å². The minimum atomic E-state index is -3.90. The molecule has 1 heterocycles. The topological polar surface area (TPSA) is 74.7 Å². The summed E-state index contributed by atoms with van der Waals surface area (Å²) in [6.45, 7) is 0. The quantitative estimate of drug-likeness (QED) is 0.845. The zero-order valence-electron chi connectivity index (χ0n) is 12.0. The van der Waals surface area contributed by atoms with Gasteiger partial charge in [-0.2, -0.15) is 0 Å². The van der Waals surface area contributed by atoms with Crippen molar-refractivity contribution >= 4 is 33.2 Å². The molecule has 0 spiro atoms. The van der Waals surface area contributed by atoms with Gasteiger partial charge in [-0.1, -0.05) is 23.7 Å². The van der Waals surface area contributed by atoms with Crippen molar-refractivity contribution in [2.75, 3.05) is 7.05 Å². The van der Waals surface area contributed by atoms with Crippen molar-refractivity contribution in [2.24, 2.45) is 0 Å². The Labute approximate surface area is 138 Å². The molecule has 0 radical (unpaired) electrons. The lowest BCUT2D eigenvalue weighted by molar-refractivity contribution is 0.101. The van der Waals surface area contributed by atoms with Crippen LogP contribution in [0.4, 0.5) is 0 Å². The van der Waals surface area contributed by atoms with Crippen LogP contribution in [0.15, 0.2) is 59.1 Å². The number of halogens is 1. The van der Waals surface area contributed by atoms with E-state index in [0.717, 1.165) is 4.31 Å². The molecule has 5 nitrogen and oxygen atoms in total. The molecule has 3 rings (SSSR count). The number of nitrogens with zero attached hydrogens (tertiary/aromatic N) is 1. The van der Waals surface area contributed by atoms with E-state index in [4.69, 9.17) is 11.6 Å². The van der Waals surface area contributed by atoms with Crippen molar-refractivity contribution in [1.82, 2.24) is 4.31 Å². The predicted octanol–water partition coefficient (Wildman–Crippen LogP) is 3.08. The van der Waals surface area contributed by atoms with Gasteiger partial charge in [-0.3, -0.25) is 9.10 Å². The number of hydrogen-bond acceptors (Lipinski definition) is 4. The number of Topliss-reactive ketones (excluding diaryl/α,β-unsaturated/α-hetero) is 1. The van der Waals surface area contributed by atoms with Crippen LogP contribution >= 0.6 is 11.6 Å². The first-order valence-corrected chi connectivity index (χ1v) is 8.47. The molecule has 1 aliphatic rings. The third-order valence-corrected chi connectivity index (χ3v) is 5.71. The van der Waals surface area contributed by atoms with Crippen molar-refractivity contribution in [1.29, 1.82) is 0 Å². The van der Waals surface area contributed by atoms with Gasteiger partial charge >= 0.3 is 0 Å². The van der Waals surface area contributed by atoms with E-state index in [1.165, 1.54) is 43.4 Å². The zero-order valence-corrected chi connectivity index (χ0v) is 13.6. The normalized spacial score (nSPS) is 16.2. The Hall–Kier alpha value is -2.31. The van der Waals surface area contributed by atoms with Gasteiger partial charge in [0.1, 0.15) is 5.70 Å². The summed E-state index contributed by atoms with van der Waals surface area (Å²) < 4.78 is 25.9. The second-order valence-electron chi connectivity index (χ2n) is 5.00. The highest BCUT2D eigenvalue weighted by atomic mass is 35.5. The summed E-state index contributed by atoms with van der Waals surface area (Å²) in [5, 5.41) is 10.9. The van der Waals surface area contributed by atoms with Gasteiger partial charge in [-0.25, -0.2) is 8.42 Å². The van der Waals surface area contributed by atoms with E-state index < -0.39 is 15.8 Å². The van der Waals surface area contributed by atoms with Gasteiger partial charge < -0.3 is 5.11 Å². The number of allylic oxidation sites excluding steroid dienone is 1. The summed E-state index contributed by atoms with van der Waals surface area (Å²) in [6.07, 6.45) is 0. The number of ketones is 1. The van der Waals surface area contributed by atoms with E-state index in [0.29, 0.717) is 5.02 Å². The van der Waals surface area contributed by atoms with Crippen molar-refractivity contribution in [3.63, 3.8) is 0 Å². The second-order valence-corrected chi connectivity index (χ2v) is 7.38. The highest BCUT2D eigenvalue weighted by Gasteiger charge is 2.37. The van der Waals surface area contributed by atoms with Crippen molar-refractivity contribution < 1.29 is 18.3 Å². The maximum Gasteiger partial charge on any atom is 0.265 e. The summed E-state index contributed by atoms with van der Waals surface area (Å²) >= 11 is 5.79. The van der Waals surface area contributed by atoms with Crippen LogP contribution in [-0.2, 0) is 10.0 Å². The summed E-state index contributed by atoms with van der Waals surface area (Å²) in [7, 11) is -2.65. The van der Waals surface area contributed by atoms with E-state index >= 15 is 0 Å². The molecule has 1 N–H and O–H groups in total. The molecule has 0 atom stereocenters. The fourth-order valence-corrected chi connectivity index (χ4v) is 3.94. The fourth-order valence-electron chi connectivity index (χ4n) is 2.42. The number of aliphatic hydroxyl groups excluding tert-OH is 1. The smallest absolute Gasteiger partial charge is 0.265 e. The van der Waals surface area contributed by atoms with Gasteiger partial charge in [0.05, 0.1) is 4.90 Å². The molecule has 118 valence electrons. The number of benzene rings is 2. The summed E-state index contributed by atoms with van der Waals surface area (Å²) in [5.41, 5.74) is 0.0614. The van der Waals surface area contributed by atoms with E-state index in [1.807, 2.05) is 0 Å². The lowest BCUT2D eigenvalue weighted by atomic mass is 10.0. The Morgan fingerprint density at radius 3 is 2.35 bits per heavy atom. The molecule has 0 saturated heterocycles. The van der Waals surface area contributed by atoms with Gasteiger partial charge in [0.25, 0.3) is 10.0 Å². The number of fused-ring (bicyclic) bond motifs is 1. The molecule has 0 aromatic heterocycles. The van der Waals surface area contributed by atoms with Crippen LogP contribution in [0.1, 0.15) is 15.9 Å². The SMILES string of the molecule is CN1C(C(=O)c2ccc(Cl)cc2)=C(O)c2ccccc2S1(=O)=O. The minimum absolute atomic E-state index is 0.0346. The molecule has 2 aromatic carbocycles. The standard InChI is InChI=1S/C16H12ClNO4S/c1-18-14(15(19)10-6-8-11(17)9-7-10)16(20)12-4-2-3-5-13(12)23(18,21)22/h2-9,20H,1H3. The van der Waals surface area contributed by atoms with Gasteiger partial charge in [-0.15, -0.1) is 0 Å². The van der Waals surface area contributed by atoms with Gasteiger partial charge in [0, 0.05) is 23.2 Å². The van der Waals surface area contributed by atoms with Gasteiger partial charge in [-0.05, 0) is 36.4 Å². The van der Waals surface area contributed by atoms with Crippen LogP contribution < -0.4 is 0 Å². The molecule has 0 saturated carbocycles. The van der Waals surface area contributed by atoms with E-state index in [1.54, 1.807) is 12.1 Å². The Bertz CT molecular complexity index is 933. The van der Waals surface area contributed by atoms with Crippen molar-refractivity contribution in [3.8, 4) is 0 Å². The van der Waals surface area contributed by atoms with Crippen molar-refractivity contribution in [2.45, 2.75) is 4.90 Å². The monoisotopic (exact) mass is 349 g/mol. The van der Waals surface area contributed by atoms with E-state index in [9.17, 15) is 18.3 Å². The molecule has 7 heteroatoms. The lowest BCUT2D eigenvalue weighted by Crippen LogP contribution is -2.35. The molecule has 0 aliphatic carbocycles. The molecular formula is C16H12ClNO4S. The zero-order chi connectivity index (χ0) is 16.8. The maximum absolute atomic E-state index is 12.7. The first-order valence-electron chi connectivity index (χ1n) is 6.66. The maximum atomic E-state index is 12.7. The first kappa shape index (κ1) is 15.6. The molecule has 23 heavy (non-hydrogen) atoms. The number of aliphatic hydroxyl groups is 1. The summed E-state index contributed by atoms with van der Waals surface area (Å²) in [6, 6.07) is 12.0. The molecule has 2 aromatic rings. The molecule has 0 amide bonds. The Morgan fingerprint density at radius 2 is 1.70 bits per heavy atom. The van der Waals surface area contributed by atoms with E-state index in [2.05, 4.69) is 0 Å². The molecule has 0 bridgehead atoms. The number of carbonyl (C=O) groups is 1. The van der Waals surface area contributed by atoms with Crippen LogP contribution in [-0.4, -0.2) is 30.7 Å². The van der Waals surface area contributed by atoms with Crippen LogP contribution in [0.25, 0.3) is 5.76 Å². The summed E-state index contributed by atoms with van der Waals surface area (Å²) in [4.78, 5) is 12.6. The highest BCUT2D eigenvalue weighted by Crippen LogP contribution is 2.35. The van der Waals surface area contributed by atoms with Crippen LogP contribution in [0.2, 0.25) is 5.02 Å². The second kappa shape index (κ2) is 5.40. The highest BCUT2D eigenvalue weighted by molar-refractivity contribution is 7.89. The Morgan fingerprint density at radius 1 is 1.09 bits per heavy atom. The predicted molar refractivity (Wildman–Crippen MR) is 86.7 cm³/mol. The van der Waals surface area contributed by atoms with Crippen LogP contribution in [0.3, 0.4) is 0 Å². The lowest BCUT2D eigenvalue weighted by Gasteiger charge is -2.28. The Kier molecular flexibility index (Phi) is 3.66. The minimum Gasteiger partial charge on any atom is -0.505 e. The van der Waals surface area contributed by atoms with Crippen molar-refractivity contribution in [3.05, 3.63) is 70.4 Å². The summed E-state index contributed by atoms with van der Waals surface area (Å²) in [5.74, 6) is -0.961. The number of sulfonamides is 1. The third kappa shape index (κ3) is 2.40. The molecule has 0 fully saturated rings. The Balaban J connectivity index is 2.22. The average molecular weight is 350 g/mol. The fraction of sp³-hybridized carbons (Fsp3) is 0.0625. The largest absolute Gasteiger partial charge is 0.505 e. The van der Waals surface area contributed by atoms with Crippen LogP contribution in [0, 0.1) is 0 Å². The number of hydrogen-bond donors (Lipinski definition) is 1. The molecule has 1 aliphatic heterocycles. The first-order chi connectivity index (χ1) is 10.8. The van der Waals surface area contributed by atoms with Crippen LogP contribution in [0.5, 0.6) is 0 Å². The third-order valence-electron chi connectivity index (χ3n) is 3.64. The molecule has 0 unspecified atom stereocenters. The molecular weight excluding hydrogens is 338 g/mol. The van der Waals surface area contributed by atoms with E-state index in [-0.39, 0.29) is 27.5 Å². The number of carbonyl (C=O) groups excluding carboxylic acids is 1.